The normalized spacial score (nSPS) is 41.3. The molecule has 3 aliphatic rings. The van der Waals surface area contributed by atoms with Gasteiger partial charge in [0.1, 0.15) is 12.2 Å². The average Bonchev–Trinajstić information content (AvgIpc) is 2.71. The molecule has 1 saturated heterocycles. The van der Waals surface area contributed by atoms with Crippen LogP contribution in [0.25, 0.3) is 0 Å². The third-order valence-electron chi connectivity index (χ3n) is 7.42. The first kappa shape index (κ1) is 24.2. The Morgan fingerprint density at radius 1 is 1.19 bits per heavy atom. The largest absolute Gasteiger partial charge is 0.458 e. The van der Waals surface area contributed by atoms with Gasteiger partial charge in [0, 0.05) is 28.1 Å². The number of hydrogen-bond donors (Lipinski definition) is 2. The topological polar surface area (TPSA) is 119 Å². The van der Waals surface area contributed by atoms with Gasteiger partial charge in [-0.1, -0.05) is 26.2 Å². The average molecular weight is 449 g/mol. The Kier molecular flexibility index (Phi) is 6.17. The predicted molar refractivity (Wildman–Crippen MR) is 114 cm³/mol. The molecular formula is C24H32O8. The zero-order valence-corrected chi connectivity index (χ0v) is 19.2. The molecule has 0 aromatic rings. The standard InChI is InChI=1S/C24H32O8/c1-8-12(4)21(27)31-17-15-13(5)22(28)32-19(17)24(7)14(25)9-10-23(6,29)18(24)16(15)30-20(26)11(2)3/h8,14-19,25,29H,2,5,9-10H2,1,3-4,6-7H3/b12-8-/t14-,15-,16-,17-,18+,19-,23-,24+/m0/s1. The number of hydrogen-bond acceptors (Lipinski definition) is 8. The van der Waals surface area contributed by atoms with E-state index in [-0.39, 0.29) is 24.0 Å². The lowest BCUT2D eigenvalue weighted by Gasteiger charge is -2.63. The number of carbonyl (C=O) groups excluding carboxylic acids is 3. The highest BCUT2D eigenvalue weighted by Gasteiger charge is 2.71. The van der Waals surface area contributed by atoms with E-state index in [9.17, 15) is 24.6 Å². The minimum Gasteiger partial charge on any atom is -0.458 e. The SMILES string of the molecule is C=C(C)C(=O)O[C@H]1[C@@H]2C(=C)C(=O)O[C@@H]([C@H]2OC(=O)/C(C)=C\C)[C@]2(C)[C@@H](O)CC[C@](C)(O)[C@@H]12. The molecular weight excluding hydrogens is 416 g/mol. The molecule has 0 aromatic carbocycles. The van der Waals surface area contributed by atoms with Crippen molar-refractivity contribution in [1.29, 1.82) is 0 Å². The molecule has 32 heavy (non-hydrogen) atoms. The predicted octanol–water partition coefficient (Wildman–Crippen LogP) is 1.99. The van der Waals surface area contributed by atoms with Gasteiger partial charge in [0.15, 0.2) is 6.10 Å². The van der Waals surface area contributed by atoms with Crippen molar-refractivity contribution in [3.05, 3.63) is 36.0 Å². The summed E-state index contributed by atoms with van der Waals surface area (Å²) in [6, 6.07) is 0. The number of carbonyl (C=O) groups is 3. The second kappa shape index (κ2) is 8.15. The zero-order chi connectivity index (χ0) is 24.2. The van der Waals surface area contributed by atoms with E-state index < -0.39 is 65.2 Å². The molecule has 1 heterocycles. The Morgan fingerprint density at radius 3 is 2.34 bits per heavy atom. The smallest absolute Gasteiger partial charge is 0.334 e. The summed E-state index contributed by atoms with van der Waals surface area (Å²) in [6.07, 6.45) is -2.17. The summed E-state index contributed by atoms with van der Waals surface area (Å²) in [5, 5.41) is 22.5. The summed E-state index contributed by atoms with van der Waals surface area (Å²) < 4.78 is 17.2. The molecule has 1 aliphatic heterocycles. The molecule has 2 N–H and O–H groups in total. The van der Waals surface area contributed by atoms with Crippen LogP contribution in [-0.4, -0.2) is 58.1 Å². The molecule has 0 spiro atoms. The lowest BCUT2D eigenvalue weighted by molar-refractivity contribution is -0.291. The van der Waals surface area contributed by atoms with Gasteiger partial charge in [-0.15, -0.1) is 0 Å². The Balaban J connectivity index is 2.21. The Bertz CT molecular complexity index is 900. The number of aliphatic hydroxyl groups is 2. The lowest BCUT2D eigenvalue weighted by atomic mass is 9.48. The highest BCUT2D eigenvalue weighted by molar-refractivity contribution is 5.92. The highest BCUT2D eigenvalue weighted by Crippen LogP contribution is 2.60. The van der Waals surface area contributed by atoms with E-state index in [4.69, 9.17) is 14.2 Å². The van der Waals surface area contributed by atoms with Crippen molar-refractivity contribution < 1.29 is 38.8 Å². The molecule has 2 saturated carbocycles. The third kappa shape index (κ3) is 3.59. The molecule has 176 valence electrons. The van der Waals surface area contributed by atoms with Gasteiger partial charge in [-0.05, 0) is 40.5 Å². The van der Waals surface area contributed by atoms with Crippen LogP contribution in [0.3, 0.4) is 0 Å². The molecule has 3 fully saturated rings. The number of ether oxygens (including phenoxy) is 3. The highest BCUT2D eigenvalue weighted by atomic mass is 16.6. The minimum absolute atomic E-state index is 0.0189. The molecule has 8 atom stereocenters. The van der Waals surface area contributed by atoms with Gasteiger partial charge in [0.25, 0.3) is 0 Å². The number of allylic oxidation sites excluding steroid dienone is 1. The second-order valence-electron chi connectivity index (χ2n) is 9.62. The minimum atomic E-state index is -1.36. The summed E-state index contributed by atoms with van der Waals surface area (Å²) in [4.78, 5) is 38.0. The van der Waals surface area contributed by atoms with Gasteiger partial charge in [0.05, 0.1) is 17.6 Å². The first-order chi connectivity index (χ1) is 14.8. The van der Waals surface area contributed by atoms with Crippen molar-refractivity contribution >= 4 is 17.9 Å². The fraction of sp³-hybridized carbons (Fsp3) is 0.625. The van der Waals surface area contributed by atoms with Crippen LogP contribution in [0, 0.1) is 17.3 Å². The Hall–Kier alpha value is -2.45. The number of esters is 3. The first-order valence-electron chi connectivity index (χ1n) is 10.8. The van der Waals surface area contributed by atoms with Crippen molar-refractivity contribution in [3.8, 4) is 0 Å². The van der Waals surface area contributed by atoms with Gasteiger partial charge in [-0.25, -0.2) is 14.4 Å². The summed E-state index contributed by atoms with van der Waals surface area (Å²) in [5.41, 5.74) is -2.16. The van der Waals surface area contributed by atoms with Crippen LogP contribution in [0.15, 0.2) is 36.0 Å². The van der Waals surface area contributed by atoms with Crippen molar-refractivity contribution in [2.75, 3.05) is 0 Å². The summed E-state index contributed by atoms with van der Waals surface area (Å²) in [6.45, 7) is 15.5. The maximum atomic E-state index is 12.7. The fourth-order valence-electron chi connectivity index (χ4n) is 5.54. The molecule has 0 aromatic heterocycles. The van der Waals surface area contributed by atoms with Crippen LogP contribution >= 0.6 is 0 Å². The lowest BCUT2D eigenvalue weighted by Crippen LogP contribution is -2.75. The summed E-state index contributed by atoms with van der Waals surface area (Å²) >= 11 is 0. The maximum absolute atomic E-state index is 12.7. The van der Waals surface area contributed by atoms with Crippen LogP contribution in [0.1, 0.15) is 47.5 Å². The van der Waals surface area contributed by atoms with E-state index in [0.717, 1.165) is 0 Å². The second-order valence-corrected chi connectivity index (χ2v) is 9.62. The van der Waals surface area contributed by atoms with E-state index in [1.54, 1.807) is 33.8 Å². The van der Waals surface area contributed by atoms with Crippen LogP contribution in [0.2, 0.25) is 0 Å². The quantitative estimate of drug-likeness (QED) is 0.381. The molecule has 3 rings (SSSR count). The monoisotopic (exact) mass is 448 g/mol. The van der Waals surface area contributed by atoms with Crippen LogP contribution in [0.5, 0.6) is 0 Å². The number of fused-ring (bicyclic) bond motifs is 4. The molecule has 0 radical (unpaired) electrons. The molecule has 8 nitrogen and oxygen atoms in total. The van der Waals surface area contributed by atoms with Gasteiger partial charge in [-0.2, -0.15) is 0 Å². The summed E-state index contributed by atoms with van der Waals surface area (Å²) in [7, 11) is 0. The summed E-state index contributed by atoms with van der Waals surface area (Å²) in [5.74, 6) is -3.83. The molecule has 8 heteroatoms. The van der Waals surface area contributed by atoms with E-state index >= 15 is 0 Å². The Morgan fingerprint density at radius 2 is 1.78 bits per heavy atom. The van der Waals surface area contributed by atoms with Crippen LogP contribution < -0.4 is 0 Å². The molecule has 2 bridgehead atoms. The molecule has 0 unspecified atom stereocenters. The van der Waals surface area contributed by atoms with Gasteiger partial charge in [0.2, 0.25) is 0 Å². The van der Waals surface area contributed by atoms with Crippen molar-refractivity contribution in [2.45, 2.75) is 77.5 Å². The number of rotatable bonds is 4. The maximum Gasteiger partial charge on any atom is 0.334 e. The molecule has 2 aliphatic carbocycles. The zero-order valence-electron chi connectivity index (χ0n) is 19.2. The fourth-order valence-corrected chi connectivity index (χ4v) is 5.54. The van der Waals surface area contributed by atoms with E-state index in [2.05, 4.69) is 13.2 Å². The number of aliphatic hydroxyl groups excluding tert-OH is 1. The van der Waals surface area contributed by atoms with Gasteiger partial charge < -0.3 is 24.4 Å². The Labute approximate surface area is 187 Å². The van der Waals surface area contributed by atoms with E-state index in [0.29, 0.717) is 5.57 Å². The van der Waals surface area contributed by atoms with Gasteiger partial charge >= 0.3 is 17.9 Å². The van der Waals surface area contributed by atoms with Crippen LogP contribution in [0.4, 0.5) is 0 Å². The van der Waals surface area contributed by atoms with E-state index in [1.807, 2.05) is 0 Å². The van der Waals surface area contributed by atoms with Crippen molar-refractivity contribution in [3.63, 3.8) is 0 Å². The first-order valence-corrected chi connectivity index (χ1v) is 10.8. The molecule has 0 amide bonds. The third-order valence-corrected chi connectivity index (χ3v) is 7.42. The van der Waals surface area contributed by atoms with E-state index in [1.165, 1.54) is 6.92 Å². The van der Waals surface area contributed by atoms with Crippen molar-refractivity contribution in [1.82, 2.24) is 0 Å². The van der Waals surface area contributed by atoms with Crippen LogP contribution in [-0.2, 0) is 28.6 Å². The van der Waals surface area contributed by atoms with Gasteiger partial charge in [-0.3, -0.25) is 0 Å². The van der Waals surface area contributed by atoms with Crippen molar-refractivity contribution in [2.24, 2.45) is 17.3 Å².